The number of amides is 2. The van der Waals surface area contributed by atoms with Gasteiger partial charge in [0.05, 0.1) is 24.8 Å². The number of anilines is 1. The number of ether oxygens (including phenoxy) is 1. The topological polar surface area (TPSA) is 73.3 Å². The Balaban J connectivity index is 1.79. The minimum atomic E-state index is -0.790. The summed E-state index contributed by atoms with van der Waals surface area (Å²) in [5, 5.41) is 10.1. The van der Waals surface area contributed by atoms with E-state index in [4.69, 9.17) is 4.74 Å². The molecule has 2 aromatic rings. The third-order valence-electron chi connectivity index (χ3n) is 5.58. The van der Waals surface area contributed by atoms with Crippen molar-refractivity contribution in [2.24, 2.45) is 0 Å². The van der Waals surface area contributed by atoms with Crippen LogP contribution >= 0.6 is 0 Å². The number of carbonyl (C=O) groups excluding carboxylic acids is 2. The Labute approximate surface area is 194 Å². The van der Waals surface area contributed by atoms with Crippen molar-refractivity contribution in [2.45, 2.75) is 32.7 Å². The van der Waals surface area contributed by atoms with Crippen LogP contribution in [0.4, 0.5) is 14.9 Å². The summed E-state index contributed by atoms with van der Waals surface area (Å²) >= 11 is 0. The number of methoxy groups -OCH3 is 1. The van der Waals surface area contributed by atoms with Gasteiger partial charge in [0.1, 0.15) is 6.67 Å². The van der Waals surface area contributed by atoms with Crippen LogP contribution in [0, 0.1) is 0 Å². The number of hydrogen-bond donors (Lipinski definition) is 1. The number of urea groups is 1. The average Bonchev–Trinajstić information content (AvgIpc) is 2.81. The number of nitrogens with zero attached hydrogens (tertiary/aromatic N) is 3. The van der Waals surface area contributed by atoms with Crippen LogP contribution < -0.4 is 4.90 Å². The van der Waals surface area contributed by atoms with Crippen molar-refractivity contribution in [1.29, 1.82) is 0 Å². The molecule has 7 nitrogen and oxygen atoms in total. The van der Waals surface area contributed by atoms with Crippen molar-refractivity contribution in [3.05, 3.63) is 65.2 Å². The molecule has 33 heavy (non-hydrogen) atoms. The van der Waals surface area contributed by atoms with Gasteiger partial charge in [-0.1, -0.05) is 24.3 Å². The molecule has 8 heteroatoms. The fourth-order valence-corrected chi connectivity index (χ4v) is 3.94. The van der Waals surface area contributed by atoms with Crippen molar-refractivity contribution >= 4 is 17.7 Å². The lowest BCUT2D eigenvalue weighted by atomic mass is 10.1. The number of hydrogen-bond acceptors (Lipinski definition) is 5. The number of benzene rings is 2. The maximum absolute atomic E-state index is 13.5. The lowest BCUT2D eigenvalue weighted by Gasteiger charge is -2.39. The minimum absolute atomic E-state index is 0.161. The first-order valence-electron chi connectivity index (χ1n) is 11.0. The van der Waals surface area contributed by atoms with Crippen LogP contribution in [0.1, 0.15) is 35.3 Å². The van der Waals surface area contributed by atoms with Gasteiger partial charge < -0.3 is 14.7 Å². The van der Waals surface area contributed by atoms with Crippen LogP contribution in [0.15, 0.2) is 48.5 Å². The molecule has 1 fully saturated rings. The molecule has 0 radical (unpaired) electrons. The SMILES string of the molecule is COC(=O)c1ccc(CN(C(=O)N2CCN(CC(C)(C)O)CC2)c2cccc(CF)c2)cc1. The van der Waals surface area contributed by atoms with Gasteiger partial charge in [-0.15, -0.1) is 0 Å². The Morgan fingerprint density at radius 3 is 2.30 bits per heavy atom. The maximum Gasteiger partial charge on any atom is 0.337 e. The van der Waals surface area contributed by atoms with Gasteiger partial charge >= 0.3 is 12.0 Å². The van der Waals surface area contributed by atoms with Crippen LogP contribution in [0.25, 0.3) is 0 Å². The van der Waals surface area contributed by atoms with Crippen molar-refractivity contribution in [3.8, 4) is 0 Å². The lowest BCUT2D eigenvalue weighted by molar-refractivity contribution is 0.0228. The number of piperazine rings is 1. The number of carbonyl (C=O) groups is 2. The van der Waals surface area contributed by atoms with Gasteiger partial charge in [0.15, 0.2) is 0 Å². The number of halogens is 1. The van der Waals surface area contributed by atoms with E-state index in [9.17, 15) is 19.1 Å². The molecular formula is C25H32FN3O4. The van der Waals surface area contributed by atoms with Crippen molar-refractivity contribution in [3.63, 3.8) is 0 Å². The summed E-state index contributed by atoms with van der Waals surface area (Å²) < 4.78 is 18.0. The highest BCUT2D eigenvalue weighted by atomic mass is 19.1. The monoisotopic (exact) mass is 457 g/mol. The number of β-amino-alcohol motifs (C(OH)–C–C–N with tert-alkyl or cyclic N) is 1. The summed E-state index contributed by atoms with van der Waals surface area (Å²) in [6.45, 7) is 6.17. The smallest absolute Gasteiger partial charge is 0.337 e. The molecule has 0 unspecified atom stereocenters. The molecule has 0 bridgehead atoms. The van der Waals surface area contributed by atoms with E-state index in [1.165, 1.54) is 7.11 Å². The molecule has 1 aliphatic heterocycles. The van der Waals surface area contributed by atoms with E-state index in [1.807, 2.05) is 0 Å². The van der Waals surface area contributed by atoms with Crippen LogP contribution in [0.2, 0.25) is 0 Å². The van der Waals surface area contributed by atoms with Gasteiger partial charge in [0.2, 0.25) is 0 Å². The fraction of sp³-hybridized carbons (Fsp3) is 0.440. The second-order valence-corrected chi connectivity index (χ2v) is 8.94. The standard InChI is InChI=1S/C25H32FN3O4/c1-25(2,32)18-27-11-13-28(14-12-27)24(31)29(22-6-4-5-20(15-22)16-26)17-19-7-9-21(10-8-19)23(30)33-3/h4-10,15,32H,11-14,16-18H2,1-3H3. The highest BCUT2D eigenvalue weighted by molar-refractivity contribution is 5.92. The summed E-state index contributed by atoms with van der Waals surface area (Å²) in [7, 11) is 1.33. The number of esters is 1. The number of aliphatic hydroxyl groups is 1. The van der Waals surface area contributed by atoms with E-state index in [2.05, 4.69) is 4.90 Å². The molecule has 178 valence electrons. The Bertz CT molecular complexity index is 951. The Kier molecular flexibility index (Phi) is 8.05. The number of rotatable bonds is 7. The molecule has 0 aliphatic carbocycles. The van der Waals surface area contributed by atoms with Gasteiger partial charge in [-0.3, -0.25) is 9.80 Å². The van der Waals surface area contributed by atoms with Crippen molar-refractivity contribution in [1.82, 2.24) is 9.80 Å². The molecule has 2 aromatic carbocycles. The predicted octanol–water partition coefficient (Wildman–Crippen LogP) is 3.46. The first-order chi connectivity index (χ1) is 15.7. The van der Waals surface area contributed by atoms with Gasteiger partial charge in [-0.2, -0.15) is 0 Å². The zero-order valence-electron chi connectivity index (χ0n) is 19.5. The summed E-state index contributed by atoms with van der Waals surface area (Å²) in [6.07, 6.45) is 0. The molecule has 0 atom stereocenters. The fourth-order valence-electron chi connectivity index (χ4n) is 3.94. The molecule has 2 amide bonds. The maximum atomic E-state index is 13.5. The van der Waals surface area contributed by atoms with E-state index in [0.717, 1.165) is 5.56 Å². The van der Waals surface area contributed by atoms with E-state index >= 15 is 0 Å². The summed E-state index contributed by atoms with van der Waals surface area (Å²) in [4.78, 5) is 30.8. The Hall–Kier alpha value is -2.97. The Morgan fingerprint density at radius 1 is 1.06 bits per heavy atom. The van der Waals surface area contributed by atoms with Crippen molar-refractivity contribution in [2.75, 3.05) is 44.7 Å². The molecular weight excluding hydrogens is 425 g/mol. The van der Waals surface area contributed by atoms with Crippen LogP contribution in [-0.2, 0) is 18.0 Å². The lowest BCUT2D eigenvalue weighted by Crippen LogP contribution is -2.54. The molecule has 1 heterocycles. The first-order valence-corrected chi connectivity index (χ1v) is 11.0. The van der Waals surface area contributed by atoms with Crippen LogP contribution in [-0.4, -0.2) is 72.3 Å². The molecule has 0 aromatic heterocycles. The number of alkyl halides is 1. The summed E-state index contributed by atoms with van der Waals surface area (Å²) in [5.74, 6) is -0.422. The van der Waals surface area contributed by atoms with Crippen LogP contribution in [0.5, 0.6) is 0 Å². The van der Waals surface area contributed by atoms with Gasteiger partial charge in [0.25, 0.3) is 0 Å². The Morgan fingerprint density at radius 2 is 1.73 bits per heavy atom. The summed E-state index contributed by atoms with van der Waals surface area (Å²) in [6, 6.07) is 13.6. The molecule has 0 saturated carbocycles. The third-order valence-corrected chi connectivity index (χ3v) is 5.58. The van der Waals surface area contributed by atoms with E-state index in [-0.39, 0.29) is 12.6 Å². The first kappa shape index (κ1) is 24.7. The quantitative estimate of drug-likeness (QED) is 0.645. The highest BCUT2D eigenvalue weighted by Crippen LogP contribution is 2.23. The van der Waals surface area contributed by atoms with Gasteiger partial charge in [0, 0.05) is 38.4 Å². The molecule has 0 spiro atoms. The van der Waals surface area contributed by atoms with Crippen LogP contribution in [0.3, 0.4) is 0 Å². The normalized spacial score (nSPS) is 14.8. The van der Waals surface area contributed by atoms with Gasteiger partial charge in [-0.05, 0) is 49.2 Å². The molecule has 1 aliphatic rings. The van der Waals surface area contributed by atoms with Gasteiger partial charge in [-0.25, -0.2) is 14.0 Å². The highest BCUT2D eigenvalue weighted by Gasteiger charge is 2.28. The van der Waals surface area contributed by atoms with E-state index in [1.54, 1.807) is 72.2 Å². The third kappa shape index (κ3) is 6.76. The molecule has 1 saturated heterocycles. The second-order valence-electron chi connectivity index (χ2n) is 8.94. The predicted molar refractivity (Wildman–Crippen MR) is 125 cm³/mol. The minimum Gasteiger partial charge on any atom is -0.465 e. The average molecular weight is 458 g/mol. The van der Waals surface area contributed by atoms with E-state index in [0.29, 0.717) is 49.5 Å². The van der Waals surface area contributed by atoms with Crippen molar-refractivity contribution < 1.29 is 23.8 Å². The summed E-state index contributed by atoms with van der Waals surface area (Å²) in [5.41, 5.74) is 1.60. The zero-order valence-corrected chi connectivity index (χ0v) is 19.5. The molecule has 3 rings (SSSR count). The largest absolute Gasteiger partial charge is 0.465 e. The molecule has 1 N–H and O–H groups in total. The zero-order chi connectivity index (χ0) is 24.0. The van der Waals surface area contributed by atoms with E-state index < -0.39 is 18.2 Å². The second kappa shape index (κ2) is 10.8.